The van der Waals surface area contributed by atoms with Gasteiger partial charge < -0.3 is 0 Å². The first-order chi connectivity index (χ1) is 4.88. The number of nitrogens with one attached hydrogen (secondary N) is 1. The molecular weight excluding hydrogens is 128 g/mol. The van der Waals surface area contributed by atoms with Crippen LogP contribution in [0.4, 0.5) is 0 Å². The summed E-state index contributed by atoms with van der Waals surface area (Å²) in [6, 6.07) is 0. The van der Waals surface area contributed by atoms with E-state index < -0.39 is 0 Å². The fourth-order valence-corrected chi connectivity index (χ4v) is 1.62. The highest BCUT2D eigenvalue weighted by Gasteiger charge is 2.31. The molecule has 2 aliphatic rings. The molecule has 2 rings (SSSR count). The van der Waals surface area contributed by atoms with E-state index in [2.05, 4.69) is 10.5 Å². The number of hydrazone groups is 1. The number of nitrogens with zero attached hydrogens (tertiary/aromatic N) is 1. The van der Waals surface area contributed by atoms with Crippen molar-refractivity contribution in [3.05, 3.63) is 0 Å². The first-order valence-electron chi connectivity index (χ1n) is 3.74. The van der Waals surface area contributed by atoms with Gasteiger partial charge >= 0.3 is 0 Å². The molecule has 1 atom stereocenters. The molecule has 1 saturated carbocycles. The summed E-state index contributed by atoms with van der Waals surface area (Å²) >= 11 is 0. The third-order valence-corrected chi connectivity index (χ3v) is 2.20. The Balaban J connectivity index is 2.18. The van der Waals surface area contributed by atoms with Crippen LogP contribution >= 0.6 is 0 Å². The SMILES string of the molecule is O=C1NN=C2CCCC[C@@H]12. The summed E-state index contributed by atoms with van der Waals surface area (Å²) in [6.07, 6.45) is 4.40. The molecule has 0 saturated heterocycles. The van der Waals surface area contributed by atoms with E-state index in [1.807, 2.05) is 0 Å². The maximum Gasteiger partial charge on any atom is 0.248 e. The summed E-state index contributed by atoms with van der Waals surface area (Å²) in [4.78, 5) is 11.0. The van der Waals surface area contributed by atoms with E-state index in [0.717, 1.165) is 18.6 Å². The number of fused-ring (bicyclic) bond motifs is 1. The lowest BCUT2D eigenvalue weighted by Gasteiger charge is -2.14. The van der Waals surface area contributed by atoms with Crippen LogP contribution in [0.15, 0.2) is 5.10 Å². The topological polar surface area (TPSA) is 41.5 Å². The molecule has 1 heterocycles. The zero-order valence-electron chi connectivity index (χ0n) is 5.76. The van der Waals surface area contributed by atoms with Crippen molar-refractivity contribution in [2.75, 3.05) is 0 Å². The molecule has 0 aromatic rings. The minimum absolute atomic E-state index is 0.106. The van der Waals surface area contributed by atoms with Crippen molar-refractivity contribution >= 4 is 11.6 Å². The van der Waals surface area contributed by atoms with Gasteiger partial charge in [0.15, 0.2) is 0 Å². The Labute approximate surface area is 59.5 Å². The number of hydrogen-bond acceptors (Lipinski definition) is 2. The molecule has 1 N–H and O–H groups in total. The minimum Gasteiger partial charge on any atom is -0.272 e. The first-order valence-corrected chi connectivity index (χ1v) is 3.74. The van der Waals surface area contributed by atoms with Crippen molar-refractivity contribution in [3.8, 4) is 0 Å². The molecule has 0 aromatic heterocycles. The molecule has 0 radical (unpaired) electrons. The Bertz CT molecular complexity index is 198. The van der Waals surface area contributed by atoms with Gasteiger partial charge in [-0.1, -0.05) is 6.42 Å². The Morgan fingerprint density at radius 1 is 1.50 bits per heavy atom. The zero-order valence-corrected chi connectivity index (χ0v) is 5.76. The largest absolute Gasteiger partial charge is 0.272 e. The predicted molar refractivity (Wildman–Crippen MR) is 37.5 cm³/mol. The average molecular weight is 138 g/mol. The van der Waals surface area contributed by atoms with Crippen molar-refractivity contribution in [2.45, 2.75) is 25.7 Å². The van der Waals surface area contributed by atoms with E-state index in [1.54, 1.807) is 0 Å². The summed E-state index contributed by atoms with van der Waals surface area (Å²) in [5.41, 5.74) is 3.59. The van der Waals surface area contributed by atoms with E-state index >= 15 is 0 Å². The van der Waals surface area contributed by atoms with E-state index in [-0.39, 0.29) is 11.8 Å². The van der Waals surface area contributed by atoms with Gasteiger partial charge in [-0.15, -0.1) is 0 Å². The molecule has 1 fully saturated rings. The Hall–Kier alpha value is -0.860. The summed E-state index contributed by atoms with van der Waals surface area (Å²) in [7, 11) is 0. The highest BCUT2D eigenvalue weighted by atomic mass is 16.2. The molecule has 10 heavy (non-hydrogen) atoms. The summed E-state index contributed by atoms with van der Waals surface area (Å²) in [5.74, 6) is 0.239. The van der Waals surface area contributed by atoms with Gasteiger partial charge in [0.05, 0.1) is 11.6 Å². The molecule has 54 valence electrons. The second-order valence-electron chi connectivity index (χ2n) is 2.88. The molecule has 1 amide bonds. The number of carbonyl (C=O) groups excluding carboxylic acids is 1. The molecule has 0 aromatic carbocycles. The van der Waals surface area contributed by atoms with Crippen LogP contribution in [0, 0.1) is 5.92 Å². The van der Waals surface area contributed by atoms with E-state index in [4.69, 9.17) is 0 Å². The van der Waals surface area contributed by atoms with Gasteiger partial charge in [0.25, 0.3) is 0 Å². The lowest BCUT2D eigenvalue weighted by atomic mass is 9.88. The number of carbonyl (C=O) groups is 1. The third-order valence-electron chi connectivity index (χ3n) is 2.20. The number of amides is 1. The van der Waals surface area contributed by atoms with Crippen LogP contribution in [0.5, 0.6) is 0 Å². The van der Waals surface area contributed by atoms with Gasteiger partial charge in [-0.3, -0.25) is 4.79 Å². The summed E-state index contributed by atoms with van der Waals surface area (Å²) < 4.78 is 0. The summed E-state index contributed by atoms with van der Waals surface area (Å²) in [5, 5.41) is 3.96. The van der Waals surface area contributed by atoms with Crippen LogP contribution in [0.25, 0.3) is 0 Å². The van der Waals surface area contributed by atoms with Crippen molar-refractivity contribution in [1.29, 1.82) is 0 Å². The molecule has 1 aliphatic heterocycles. The van der Waals surface area contributed by atoms with Crippen molar-refractivity contribution in [1.82, 2.24) is 5.43 Å². The van der Waals surface area contributed by atoms with Gasteiger partial charge in [-0.2, -0.15) is 5.10 Å². The van der Waals surface area contributed by atoms with Crippen molar-refractivity contribution < 1.29 is 4.79 Å². The molecule has 0 bridgehead atoms. The van der Waals surface area contributed by atoms with Crippen LogP contribution in [-0.2, 0) is 4.79 Å². The molecule has 3 nitrogen and oxygen atoms in total. The lowest BCUT2D eigenvalue weighted by Crippen LogP contribution is -2.25. The predicted octanol–water partition coefficient (Wildman–Crippen LogP) is 0.662. The minimum atomic E-state index is 0.106. The van der Waals surface area contributed by atoms with Gasteiger partial charge in [0.2, 0.25) is 5.91 Å². The molecule has 1 aliphatic carbocycles. The van der Waals surface area contributed by atoms with Gasteiger partial charge in [-0.25, -0.2) is 5.43 Å². The van der Waals surface area contributed by atoms with Crippen LogP contribution in [0.3, 0.4) is 0 Å². The second kappa shape index (κ2) is 2.08. The highest BCUT2D eigenvalue weighted by Crippen LogP contribution is 2.24. The van der Waals surface area contributed by atoms with E-state index in [9.17, 15) is 4.79 Å². The Morgan fingerprint density at radius 3 is 3.20 bits per heavy atom. The first kappa shape index (κ1) is 5.89. The average Bonchev–Trinajstić information content (AvgIpc) is 2.34. The van der Waals surface area contributed by atoms with Crippen LogP contribution in [0.2, 0.25) is 0 Å². The smallest absolute Gasteiger partial charge is 0.248 e. The fraction of sp³-hybridized carbons (Fsp3) is 0.714. The highest BCUT2D eigenvalue weighted by molar-refractivity contribution is 6.08. The van der Waals surface area contributed by atoms with Crippen LogP contribution in [0.1, 0.15) is 25.7 Å². The fourth-order valence-electron chi connectivity index (χ4n) is 1.62. The molecule has 3 heteroatoms. The summed E-state index contributed by atoms with van der Waals surface area (Å²) in [6.45, 7) is 0. The quantitative estimate of drug-likeness (QED) is 0.525. The van der Waals surface area contributed by atoms with Crippen molar-refractivity contribution in [2.24, 2.45) is 11.0 Å². The van der Waals surface area contributed by atoms with Crippen LogP contribution < -0.4 is 5.43 Å². The molecule has 0 unspecified atom stereocenters. The number of rotatable bonds is 0. The van der Waals surface area contributed by atoms with E-state index in [1.165, 1.54) is 12.8 Å². The maximum absolute atomic E-state index is 11.0. The van der Waals surface area contributed by atoms with E-state index in [0.29, 0.717) is 0 Å². The Morgan fingerprint density at radius 2 is 2.40 bits per heavy atom. The van der Waals surface area contributed by atoms with Gasteiger partial charge in [-0.05, 0) is 19.3 Å². The van der Waals surface area contributed by atoms with Crippen molar-refractivity contribution in [3.63, 3.8) is 0 Å². The molecular formula is C7H10N2O. The lowest BCUT2D eigenvalue weighted by molar-refractivity contribution is -0.122. The van der Waals surface area contributed by atoms with Crippen LogP contribution in [-0.4, -0.2) is 11.6 Å². The monoisotopic (exact) mass is 138 g/mol. The second-order valence-corrected chi connectivity index (χ2v) is 2.88. The van der Waals surface area contributed by atoms with Gasteiger partial charge in [0, 0.05) is 0 Å². The standard InChI is InChI=1S/C7H10N2O/c10-7-5-3-1-2-4-6(5)8-9-7/h5H,1-4H2,(H,9,10)/t5-/m1/s1. The number of hydrogen-bond donors (Lipinski definition) is 1. The maximum atomic E-state index is 11.0. The Kier molecular flexibility index (Phi) is 1.22. The zero-order chi connectivity index (χ0) is 6.97. The third kappa shape index (κ3) is 0.735. The molecule has 0 spiro atoms. The normalized spacial score (nSPS) is 31.0. The van der Waals surface area contributed by atoms with Gasteiger partial charge in [0.1, 0.15) is 0 Å².